The maximum atomic E-state index is 13.5. The number of nitrogen functional groups attached to an aromatic ring is 1. The molecule has 0 heterocycles. The number of carbonyl (C=O) groups excluding carboxylic acids is 1. The van der Waals surface area contributed by atoms with Gasteiger partial charge in [-0.15, -0.1) is 0 Å². The van der Waals surface area contributed by atoms with Crippen molar-refractivity contribution in [3.63, 3.8) is 0 Å². The first-order valence-electron chi connectivity index (χ1n) is 6.02. The fourth-order valence-electron chi connectivity index (χ4n) is 1.84. The predicted molar refractivity (Wildman–Crippen MR) is 73.0 cm³/mol. The summed E-state index contributed by atoms with van der Waals surface area (Å²) in [5.74, 6) is -1.95. The van der Waals surface area contributed by atoms with Gasteiger partial charge in [0.25, 0.3) is 5.91 Å². The van der Waals surface area contributed by atoms with Crippen molar-refractivity contribution in [1.82, 2.24) is 4.90 Å². The van der Waals surface area contributed by atoms with E-state index >= 15 is 0 Å². The zero-order valence-electron chi connectivity index (χ0n) is 10.9. The van der Waals surface area contributed by atoms with E-state index in [1.54, 1.807) is 24.3 Å². The Hall–Kier alpha value is -2.43. The van der Waals surface area contributed by atoms with Crippen LogP contribution < -0.4 is 5.73 Å². The zero-order chi connectivity index (χ0) is 14.7. The normalized spacial score (nSPS) is 10.3. The van der Waals surface area contributed by atoms with Crippen LogP contribution in [-0.4, -0.2) is 17.9 Å². The Morgan fingerprint density at radius 3 is 2.45 bits per heavy atom. The van der Waals surface area contributed by atoms with Crippen molar-refractivity contribution in [2.24, 2.45) is 0 Å². The topological polar surface area (TPSA) is 46.3 Å². The number of carbonyl (C=O) groups is 1. The highest BCUT2D eigenvalue weighted by atomic mass is 19.1. The SMILES string of the molecule is CN(Cc1ccc(N)cc1)C(=O)c1cc(F)ccc1F. The monoisotopic (exact) mass is 276 g/mol. The highest BCUT2D eigenvalue weighted by Gasteiger charge is 2.17. The fraction of sp³-hybridized carbons (Fsp3) is 0.133. The van der Waals surface area contributed by atoms with Crippen LogP contribution in [-0.2, 0) is 6.54 Å². The van der Waals surface area contributed by atoms with Crippen LogP contribution in [0.25, 0.3) is 0 Å². The van der Waals surface area contributed by atoms with Gasteiger partial charge in [-0.25, -0.2) is 8.78 Å². The quantitative estimate of drug-likeness (QED) is 0.876. The largest absolute Gasteiger partial charge is 0.399 e. The molecule has 0 atom stereocenters. The zero-order valence-corrected chi connectivity index (χ0v) is 10.9. The summed E-state index contributed by atoms with van der Waals surface area (Å²) in [6, 6.07) is 9.82. The predicted octanol–water partition coefficient (Wildman–Crippen LogP) is 2.82. The van der Waals surface area contributed by atoms with Gasteiger partial charge < -0.3 is 10.6 Å². The van der Waals surface area contributed by atoms with Crippen LogP contribution in [0.5, 0.6) is 0 Å². The van der Waals surface area contributed by atoms with E-state index < -0.39 is 17.5 Å². The number of benzene rings is 2. The molecule has 2 aromatic rings. The molecule has 0 aliphatic heterocycles. The standard InChI is InChI=1S/C15H14F2N2O/c1-19(9-10-2-5-12(18)6-3-10)15(20)13-8-11(16)4-7-14(13)17/h2-8H,9,18H2,1H3. The third kappa shape index (κ3) is 3.12. The number of halogens is 2. The fourth-order valence-corrected chi connectivity index (χ4v) is 1.84. The van der Waals surface area contributed by atoms with Crippen molar-refractivity contribution < 1.29 is 13.6 Å². The van der Waals surface area contributed by atoms with Crippen molar-refractivity contribution in [1.29, 1.82) is 0 Å². The maximum absolute atomic E-state index is 13.5. The lowest BCUT2D eigenvalue weighted by atomic mass is 10.1. The van der Waals surface area contributed by atoms with E-state index in [9.17, 15) is 13.6 Å². The van der Waals surface area contributed by atoms with Crippen LogP contribution in [0.3, 0.4) is 0 Å². The van der Waals surface area contributed by atoms with Crippen LogP contribution in [0, 0.1) is 11.6 Å². The Bertz CT molecular complexity index is 626. The molecule has 104 valence electrons. The van der Waals surface area contributed by atoms with Gasteiger partial charge in [0.15, 0.2) is 0 Å². The second kappa shape index (κ2) is 5.69. The highest BCUT2D eigenvalue weighted by molar-refractivity contribution is 5.94. The second-order valence-corrected chi connectivity index (χ2v) is 4.53. The van der Waals surface area contributed by atoms with Crippen LogP contribution in [0.2, 0.25) is 0 Å². The van der Waals surface area contributed by atoms with E-state index in [2.05, 4.69) is 0 Å². The highest BCUT2D eigenvalue weighted by Crippen LogP contribution is 2.14. The molecule has 0 aromatic heterocycles. The summed E-state index contributed by atoms with van der Waals surface area (Å²) in [7, 11) is 1.53. The number of hydrogen-bond acceptors (Lipinski definition) is 2. The van der Waals surface area contributed by atoms with Crippen LogP contribution >= 0.6 is 0 Å². The summed E-state index contributed by atoms with van der Waals surface area (Å²) in [5, 5.41) is 0. The molecule has 20 heavy (non-hydrogen) atoms. The Morgan fingerprint density at radius 2 is 1.80 bits per heavy atom. The first-order chi connectivity index (χ1) is 9.47. The van der Waals surface area contributed by atoms with Crippen molar-refractivity contribution in [2.45, 2.75) is 6.54 Å². The molecule has 0 saturated heterocycles. The van der Waals surface area contributed by atoms with Crippen LogP contribution in [0.4, 0.5) is 14.5 Å². The Kier molecular flexibility index (Phi) is 3.98. The number of anilines is 1. The molecule has 2 rings (SSSR count). The Balaban J connectivity index is 2.16. The molecule has 0 aliphatic rings. The van der Waals surface area contributed by atoms with Gasteiger partial charge in [0.2, 0.25) is 0 Å². The molecule has 0 saturated carbocycles. The molecule has 2 N–H and O–H groups in total. The summed E-state index contributed by atoms with van der Waals surface area (Å²) in [6.45, 7) is 0.287. The van der Waals surface area contributed by atoms with Crippen molar-refractivity contribution in [3.8, 4) is 0 Å². The summed E-state index contributed by atoms with van der Waals surface area (Å²) < 4.78 is 26.6. The molecule has 2 aromatic carbocycles. The average molecular weight is 276 g/mol. The van der Waals surface area contributed by atoms with Gasteiger partial charge in [0.05, 0.1) is 5.56 Å². The van der Waals surface area contributed by atoms with Crippen molar-refractivity contribution in [3.05, 3.63) is 65.2 Å². The molecular weight excluding hydrogens is 262 g/mol. The molecule has 5 heteroatoms. The lowest BCUT2D eigenvalue weighted by Crippen LogP contribution is -2.27. The van der Waals surface area contributed by atoms with Gasteiger partial charge in [-0.2, -0.15) is 0 Å². The van der Waals surface area contributed by atoms with Gasteiger partial charge in [0, 0.05) is 19.3 Å². The minimum Gasteiger partial charge on any atom is -0.399 e. The van der Waals surface area contributed by atoms with Gasteiger partial charge in [-0.1, -0.05) is 12.1 Å². The molecule has 0 bridgehead atoms. The minimum absolute atomic E-state index is 0.275. The molecule has 0 fully saturated rings. The summed E-state index contributed by atoms with van der Waals surface area (Å²) in [4.78, 5) is 13.4. The van der Waals surface area contributed by atoms with Gasteiger partial charge >= 0.3 is 0 Å². The number of nitrogens with two attached hydrogens (primary N) is 1. The average Bonchev–Trinajstić information content (AvgIpc) is 2.43. The summed E-state index contributed by atoms with van der Waals surface area (Å²) >= 11 is 0. The number of nitrogens with zero attached hydrogens (tertiary/aromatic N) is 1. The van der Waals surface area contributed by atoms with Crippen LogP contribution in [0.1, 0.15) is 15.9 Å². The number of rotatable bonds is 3. The Morgan fingerprint density at radius 1 is 1.15 bits per heavy atom. The first kappa shape index (κ1) is 14.0. The van der Waals surface area contributed by atoms with Gasteiger partial charge in [0.1, 0.15) is 11.6 Å². The molecular formula is C15H14F2N2O. The molecule has 0 aliphatic carbocycles. The van der Waals surface area contributed by atoms with Crippen molar-refractivity contribution >= 4 is 11.6 Å². The maximum Gasteiger partial charge on any atom is 0.256 e. The third-order valence-electron chi connectivity index (χ3n) is 2.90. The van der Waals surface area contributed by atoms with Crippen molar-refractivity contribution in [2.75, 3.05) is 12.8 Å². The van der Waals surface area contributed by atoms with E-state index in [4.69, 9.17) is 5.73 Å². The van der Waals surface area contributed by atoms with E-state index in [0.717, 1.165) is 23.8 Å². The third-order valence-corrected chi connectivity index (χ3v) is 2.90. The molecule has 0 unspecified atom stereocenters. The van der Waals surface area contributed by atoms with Gasteiger partial charge in [-0.3, -0.25) is 4.79 Å². The summed E-state index contributed by atoms with van der Waals surface area (Å²) in [6.07, 6.45) is 0. The molecule has 0 spiro atoms. The minimum atomic E-state index is -0.736. The number of hydrogen-bond donors (Lipinski definition) is 1. The van der Waals surface area contributed by atoms with E-state index in [0.29, 0.717) is 5.69 Å². The summed E-state index contributed by atoms with van der Waals surface area (Å²) in [5.41, 5.74) is 6.78. The molecule has 3 nitrogen and oxygen atoms in total. The lowest BCUT2D eigenvalue weighted by Gasteiger charge is -2.17. The molecule has 1 amide bonds. The number of amides is 1. The molecule has 0 radical (unpaired) electrons. The van der Waals surface area contributed by atoms with E-state index in [1.807, 2.05) is 0 Å². The smallest absolute Gasteiger partial charge is 0.256 e. The second-order valence-electron chi connectivity index (χ2n) is 4.53. The van der Waals surface area contributed by atoms with E-state index in [1.165, 1.54) is 11.9 Å². The first-order valence-corrected chi connectivity index (χ1v) is 6.02. The van der Waals surface area contributed by atoms with Crippen LogP contribution in [0.15, 0.2) is 42.5 Å². The Labute approximate surface area is 115 Å². The van der Waals surface area contributed by atoms with Gasteiger partial charge in [-0.05, 0) is 35.9 Å². The lowest BCUT2D eigenvalue weighted by molar-refractivity contribution is 0.0780. The van der Waals surface area contributed by atoms with E-state index in [-0.39, 0.29) is 12.1 Å².